The Morgan fingerprint density at radius 2 is 2.17 bits per heavy atom. The number of amides is 1. The van der Waals surface area contributed by atoms with Crippen LogP contribution in [0.5, 0.6) is 0 Å². The van der Waals surface area contributed by atoms with Crippen molar-refractivity contribution in [3.8, 4) is 0 Å². The van der Waals surface area contributed by atoms with Crippen molar-refractivity contribution in [1.29, 1.82) is 0 Å². The Labute approximate surface area is 73.1 Å². The highest BCUT2D eigenvalue weighted by Gasteiger charge is 2.03. The lowest BCUT2D eigenvalue weighted by atomic mass is 10.5. The summed E-state index contributed by atoms with van der Waals surface area (Å²) in [5, 5.41) is 8.39. The third kappa shape index (κ3) is 5.09. The Morgan fingerprint density at radius 1 is 1.50 bits per heavy atom. The molecule has 0 unspecified atom stereocenters. The van der Waals surface area contributed by atoms with E-state index in [9.17, 15) is 4.79 Å². The molecule has 0 saturated heterocycles. The molecule has 1 N–H and O–H groups in total. The van der Waals surface area contributed by atoms with E-state index in [0.717, 1.165) is 0 Å². The Balaban J connectivity index is 3.38. The zero-order valence-electron chi connectivity index (χ0n) is 7.75. The first-order chi connectivity index (χ1) is 5.72. The maximum absolute atomic E-state index is 10.9. The molecule has 0 aromatic carbocycles. The molecule has 0 aliphatic heterocycles. The summed E-state index contributed by atoms with van der Waals surface area (Å²) in [6.07, 6.45) is 0. The largest absolute Gasteiger partial charge is 0.394 e. The van der Waals surface area contributed by atoms with Crippen LogP contribution in [0.4, 0.5) is 0 Å². The van der Waals surface area contributed by atoms with Crippen LogP contribution in [-0.2, 0) is 9.53 Å². The van der Waals surface area contributed by atoms with Crippen molar-refractivity contribution in [2.45, 2.75) is 13.8 Å². The number of hydrogen-bond acceptors (Lipinski definition) is 3. The van der Waals surface area contributed by atoms with Gasteiger partial charge < -0.3 is 14.7 Å². The second-order valence-corrected chi connectivity index (χ2v) is 2.43. The normalized spacial score (nSPS) is 9.92. The third-order valence-electron chi connectivity index (χ3n) is 1.57. The van der Waals surface area contributed by atoms with Gasteiger partial charge in [-0.05, 0) is 6.92 Å². The van der Waals surface area contributed by atoms with Crippen LogP contribution in [0.2, 0.25) is 0 Å². The van der Waals surface area contributed by atoms with Gasteiger partial charge in [-0.15, -0.1) is 0 Å². The van der Waals surface area contributed by atoms with Crippen molar-refractivity contribution in [2.24, 2.45) is 0 Å². The van der Waals surface area contributed by atoms with E-state index in [1.807, 2.05) is 6.92 Å². The summed E-state index contributed by atoms with van der Waals surface area (Å²) in [6.45, 7) is 5.64. The summed E-state index contributed by atoms with van der Waals surface area (Å²) in [5.74, 6) is 0.0603. The molecule has 0 fully saturated rings. The van der Waals surface area contributed by atoms with Gasteiger partial charge >= 0.3 is 0 Å². The number of aliphatic hydroxyl groups excluding tert-OH is 1. The molecule has 0 aliphatic rings. The van der Waals surface area contributed by atoms with Gasteiger partial charge in [0.25, 0.3) is 0 Å². The molecule has 0 aromatic heterocycles. The average molecular weight is 175 g/mol. The molecule has 72 valence electrons. The number of aliphatic hydroxyl groups is 1. The SMILES string of the molecule is CCN(CCOCCO)C(C)=O. The number of likely N-dealkylation sites (N-methyl/N-ethyl adjacent to an activating group) is 1. The van der Waals surface area contributed by atoms with Crippen LogP contribution in [0, 0.1) is 0 Å². The summed E-state index contributed by atoms with van der Waals surface area (Å²) in [6, 6.07) is 0. The molecular formula is C8H17NO3. The standard InChI is InChI=1S/C8H17NO3/c1-3-9(8(2)11)4-6-12-7-5-10/h10H,3-7H2,1-2H3. The number of ether oxygens (including phenoxy) is 1. The van der Waals surface area contributed by atoms with Gasteiger partial charge in [0.1, 0.15) is 0 Å². The molecule has 0 aromatic rings. The van der Waals surface area contributed by atoms with Crippen molar-refractivity contribution in [3.05, 3.63) is 0 Å². The molecule has 1 amide bonds. The lowest BCUT2D eigenvalue weighted by Gasteiger charge is -2.18. The highest BCUT2D eigenvalue weighted by molar-refractivity contribution is 5.73. The summed E-state index contributed by atoms with van der Waals surface area (Å²) in [4.78, 5) is 12.6. The fraction of sp³-hybridized carbons (Fsp3) is 0.875. The molecular weight excluding hydrogens is 158 g/mol. The van der Waals surface area contributed by atoms with Crippen LogP contribution in [0.15, 0.2) is 0 Å². The molecule has 0 radical (unpaired) electrons. The summed E-state index contributed by atoms with van der Waals surface area (Å²) >= 11 is 0. The highest BCUT2D eigenvalue weighted by Crippen LogP contribution is 1.88. The van der Waals surface area contributed by atoms with Crippen LogP contribution in [0.1, 0.15) is 13.8 Å². The maximum Gasteiger partial charge on any atom is 0.219 e. The number of carbonyl (C=O) groups excluding carboxylic acids is 1. The fourth-order valence-electron chi connectivity index (χ4n) is 0.880. The van der Waals surface area contributed by atoms with E-state index in [2.05, 4.69) is 0 Å². The third-order valence-corrected chi connectivity index (χ3v) is 1.57. The van der Waals surface area contributed by atoms with Crippen LogP contribution in [0.25, 0.3) is 0 Å². The molecule has 0 aliphatic carbocycles. The van der Waals surface area contributed by atoms with E-state index in [-0.39, 0.29) is 12.5 Å². The van der Waals surface area contributed by atoms with E-state index < -0.39 is 0 Å². The lowest BCUT2D eigenvalue weighted by Crippen LogP contribution is -2.31. The van der Waals surface area contributed by atoms with Crippen molar-refractivity contribution < 1.29 is 14.6 Å². The number of nitrogens with zero attached hydrogens (tertiary/aromatic N) is 1. The van der Waals surface area contributed by atoms with Gasteiger partial charge in [0.2, 0.25) is 5.91 Å². The van der Waals surface area contributed by atoms with Crippen LogP contribution in [0.3, 0.4) is 0 Å². The molecule has 0 heterocycles. The quantitative estimate of drug-likeness (QED) is 0.572. The average Bonchev–Trinajstić information content (AvgIpc) is 2.04. The number of carbonyl (C=O) groups is 1. The van der Waals surface area contributed by atoms with Crippen LogP contribution >= 0.6 is 0 Å². The first-order valence-corrected chi connectivity index (χ1v) is 4.16. The minimum Gasteiger partial charge on any atom is -0.394 e. The zero-order valence-corrected chi connectivity index (χ0v) is 7.75. The first kappa shape index (κ1) is 11.4. The number of rotatable bonds is 6. The van der Waals surface area contributed by atoms with Crippen LogP contribution in [-0.4, -0.2) is 48.8 Å². The predicted octanol–water partition coefficient (Wildman–Crippen LogP) is -0.136. The van der Waals surface area contributed by atoms with Gasteiger partial charge in [-0.1, -0.05) is 0 Å². The highest BCUT2D eigenvalue weighted by atomic mass is 16.5. The lowest BCUT2D eigenvalue weighted by molar-refractivity contribution is -0.129. The molecule has 4 heteroatoms. The van der Waals surface area contributed by atoms with Crippen molar-refractivity contribution in [3.63, 3.8) is 0 Å². The smallest absolute Gasteiger partial charge is 0.219 e. The van der Waals surface area contributed by atoms with Crippen molar-refractivity contribution >= 4 is 5.91 Å². The van der Waals surface area contributed by atoms with E-state index in [4.69, 9.17) is 9.84 Å². The molecule has 4 nitrogen and oxygen atoms in total. The fourth-order valence-corrected chi connectivity index (χ4v) is 0.880. The van der Waals surface area contributed by atoms with Gasteiger partial charge in [-0.3, -0.25) is 4.79 Å². The van der Waals surface area contributed by atoms with E-state index in [0.29, 0.717) is 26.3 Å². The Bertz CT molecular complexity index is 127. The predicted molar refractivity (Wildman–Crippen MR) is 45.8 cm³/mol. The number of hydrogen-bond donors (Lipinski definition) is 1. The van der Waals surface area contributed by atoms with E-state index in [1.165, 1.54) is 6.92 Å². The minimum atomic E-state index is 0.0339. The van der Waals surface area contributed by atoms with Crippen molar-refractivity contribution in [1.82, 2.24) is 4.90 Å². The molecule has 0 spiro atoms. The topological polar surface area (TPSA) is 49.8 Å². The molecule has 0 saturated carbocycles. The van der Waals surface area contributed by atoms with E-state index in [1.54, 1.807) is 4.90 Å². The molecule has 0 atom stereocenters. The summed E-state index contributed by atoms with van der Waals surface area (Å²) in [7, 11) is 0. The van der Waals surface area contributed by atoms with Crippen molar-refractivity contribution in [2.75, 3.05) is 32.9 Å². The van der Waals surface area contributed by atoms with Gasteiger partial charge in [-0.2, -0.15) is 0 Å². The Hall–Kier alpha value is -0.610. The minimum absolute atomic E-state index is 0.0339. The molecule has 12 heavy (non-hydrogen) atoms. The monoisotopic (exact) mass is 175 g/mol. The Kier molecular flexibility index (Phi) is 6.70. The summed E-state index contributed by atoms with van der Waals surface area (Å²) in [5.41, 5.74) is 0. The second-order valence-electron chi connectivity index (χ2n) is 2.43. The van der Waals surface area contributed by atoms with Gasteiger partial charge in [-0.25, -0.2) is 0 Å². The second kappa shape index (κ2) is 7.06. The van der Waals surface area contributed by atoms with Gasteiger partial charge in [0.05, 0.1) is 19.8 Å². The Morgan fingerprint density at radius 3 is 2.58 bits per heavy atom. The maximum atomic E-state index is 10.9. The van der Waals surface area contributed by atoms with Crippen LogP contribution < -0.4 is 0 Å². The first-order valence-electron chi connectivity index (χ1n) is 4.16. The van der Waals surface area contributed by atoms with Gasteiger partial charge in [0, 0.05) is 20.0 Å². The molecule has 0 rings (SSSR count). The molecule has 0 bridgehead atoms. The van der Waals surface area contributed by atoms with Gasteiger partial charge in [0.15, 0.2) is 0 Å². The summed E-state index contributed by atoms with van der Waals surface area (Å²) < 4.78 is 5.02. The van der Waals surface area contributed by atoms with E-state index >= 15 is 0 Å². The zero-order chi connectivity index (χ0) is 9.40.